The van der Waals surface area contributed by atoms with Gasteiger partial charge in [0.15, 0.2) is 5.58 Å². The number of nitrogens with two attached hydrogens (primary N) is 1. The van der Waals surface area contributed by atoms with Crippen LogP contribution in [-0.2, 0) is 4.74 Å². The summed E-state index contributed by atoms with van der Waals surface area (Å²) in [5.41, 5.74) is 10.2. The van der Waals surface area contributed by atoms with Gasteiger partial charge in [0, 0.05) is 12.7 Å². The summed E-state index contributed by atoms with van der Waals surface area (Å²) in [6.45, 7) is 1.28. The molecular weight excluding hydrogens is 382 g/mol. The third kappa shape index (κ3) is 2.75. The average Bonchev–Trinajstić information content (AvgIpc) is 3.19. The molecule has 2 atom stereocenters. The Balaban J connectivity index is 1.39. The Bertz CT molecular complexity index is 1270. The number of pyridine rings is 1. The standard InChI is InChI=1S/C22H21N5O3/c23-22-25-17-8-13(4-6-19(17)30-22)14-5-7-20-24-9-18(27(20)10-14)21(28)26-11-16-3-1-2-15(26)12-29-16/h4-10,15-16H,1-3,11-12H2,(H2,23,25). The Hall–Kier alpha value is -3.39. The minimum atomic E-state index is 0.0135. The second-order valence-electron chi connectivity index (χ2n) is 8.02. The van der Waals surface area contributed by atoms with Crippen LogP contribution in [0.25, 0.3) is 27.9 Å². The Morgan fingerprint density at radius 1 is 1.17 bits per heavy atom. The van der Waals surface area contributed by atoms with E-state index in [0.29, 0.717) is 29.9 Å². The van der Waals surface area contributed by atoms with E-state index in [1.165, 1.54) is 0 Å². The van der Waals surface area contributed by atoms with Crippen LogP contribution in [0.3, 0.4) is 0 Å². The van der Waals surface area contributed by atoms with E-state index < -0.39 is 0 Å². The van der Waals surface area contributed by atoms with Crippen molar-refractivity contribution in [3.63, 3.8) is 0 Å². The van der Waals surface area contributed by atoms with Crippen molar-refractivity contribution < 1.29 is 13.9 Å². The van der Waals surface area contributed by atoms with E-state index in [0.717, 1.165) is 36.0 Å². The van der Waals surface area contributed by atoms with Crippen molar-refractivity contribution in [2.75, 3.05) is 18.9 Å². The van der Waals surface area contributed by atoms with Gasteiger partial charge in [0.05, 0.1) is 24.9 Å². The van der Waals surface area contributed by atoms with Crippen LogP contribution in [0.2, 0.25) is 0 Å². The molecule has 3 fully saturated rings. The molecule has 8 nitrogen and oxygen atoms in total. The molecule has 2 N–H and O–H groups in total. The molecule has 3 saturated heterocycles. The number of nitrogen functional groups attached to an aromatic ring is 1. The van der Waals surface area contributed by atoms with Crippen LogP contribution in [0.4, 0.5) is 6.01 Å². The molecule has 0 saturated carbocycles. The minimum Gasteiger partial charge on any atom is -0.424 e. The summed E-state index contributed by atoms with van der Waals surface area (Å²) in [6.07, 6.45) is 6.88. The van der Waals surface area contributed by atoms with E-state index in [1.807, 2.05) is 45.8 Å². The number of benzene rings is 1. The quantitative estimate of drug-likeness (QED) is 0.552. The number of rotatable bonds is 2. The van der Waals surface area contributed by atoms with Crippen molar-refractivity contribution in [3.05, 3.63) is 48.4 Å². The van der Waals surface area contributed by atoms with E-state index in [9.17, 15) is 4.79 Å². The molecule has 3 aliphatic heterocycles. The lowest BCUT2D eigenvalue weighted by molar-refractivity contribution is -0.0395. The molecular formula is C22H21N5O3. The van der Waals surface area contributed by atoms with Gasteiger partial charge in [-0.05, 0) is 54.7 Å². The lowest BCUT2D eigenvalue weighted by Gasteiger charge is -2.36. The lowest BCUT2D eigenvalue weighted by Crippen LogP contribution is -2.50. The van der Waals surface area contributed by atoms with Crippen molar-refractivity contribution in [3.8, 4) is 11.1 Å². The van der Waals surface area contributed by atoms with Gasteiger partial charge in [0.1, 0.15) is 16.9 Å². The van der Waals surface area contributed by atoms with Crippen molar-refractivity contribution >= 4 is 28.7 Å². The summed E-state index contributed by atoms with van der Waals surface area (Å²) in [4.78, 5) is 24.0. The fourth-order valence-electron chi connectivity index (χ4n) is 4.58. The molecule has 3 aliphatic rings. The van der Waals surface area contributed by atoms with Crippen LogP contribution < -0.4 is 5.73 Å². The Kier molecular flexibility index (Phi) is 3.82. The molecule has 0 aliphatic carbocycles. The topological polar surface area (TPSA) is 98.9 Å². The maximum Gasteiger partial charge on any atom is 0.292 e. The zero-order chi connectivity index (χ0) is 20.2. The number of fused-ring (bicyclic) bond motifs is 6. The smallest absolute Gasteiger partial charge is 0.292 e. The summed E-state index contributed by atoms with van der Waals surface area (Å²) < 4.78 is 13.1. The Morgan fingerprint density at radius 3 is 3.00 bits per heavy atom. The van der Waals surface area contributed by atoms with Gasteiger partial charge in [-0.15, -0.1) is 0 Å². The second-order valence-corrected chi connectivity index (χ2v) is 8.02. The van der Waals surface area contributed by atoms with Gasteiger partial charge in [-0.3, -0.25) is 9.20 Å². The molecule has 2 bridgehead atoms. The minimum absolute atomic E-state index is 0.0135. The summed E-state index contributed by atoms with van der Waals surface area (Å²) in [5.74, 6) is 0.0135. The molecule has 2 unspecified atom stereocenters. The zero-order valence-electron chi connectivity index (χ0n) is 16.3. The third-order valence-electron chi connectivity index (χ3n) is 6.15. The number of oxazole rings is 1. The lowest BCUT2D eigenvalue weighted by atomic mass is 10.1. The van der Waals surface area contributed by atoms with Crippen LogP contribution in [0.1, 0.15) is 29.8 Å². The predicted molar refractivity (Wildman–Crippen MR) is 111 cm³/mol. The van der Waals surface area contributed by atoms with E-state index in [1.54, 1.807) is 6.20 Å². The van der Waals surface area contributed by atoms with E-state index >= 15 is 0 Å². The highest BCUT2D eigenvalue weighted by Gasteiger charge is 2.36. The maximum absolute atomic E-state index is 13.4. The number of nitrogens with zero attached hydrogens (tertiary/aromatic N) is 4. The summed E-state index contributed by atoms with van der Waals surface area (Å²) in [7, 11) is 0. The number of hydrogen-bond donors (Lipinski definition) is 1. The maximum atomic E-state index is 13.4. The SMILES string of the molecule is Nc1nc2cc(-c3ccc4ncc(C(=O)N5CC6CCCC5CO6)n4c3)ccc2o1. The molecule has 8 heteroatoms. The summed E-state index contributed by atoms with van der Waals surface area (Å²) >= 11 is 0. The highest BCUT2D eigenvalue weighted by Crippen LogP contribution is 2.29. The number of morpholine rings is 1. The van der Waals surface area contributed by atoms with Crippen LogP contribution >= 0.6 is 0 Å². The molecule has 3 aromatic heterocycles. The number of aromatic nitrogens is 3. The number of hydrogen-bond acceptors (Lipinski definition) is 6. The molecule has 7 rings (SSSR count). The fraction of sp³-hybridized carbons (Fsp3) is 0.318. The van der Waals surface area contributed by atoms with Crippen LogP contribution in [-0.4, -0.2) is 50.5 Å². The summed E-state index contributed by atoms with van der Waals surface area (Å²) in [5, 5.41) is 0. The molecule has 0 spiro atoms. The van der Waals surface area contributed by atoms with Gasteiger partial charge < -0.3 is 19.8 Å². The van der Waals surface area contributed by atoms with Gasteiger partial charge >= 0.3 is 0 Å². The molecule has 152 valence electrons. The predicted octanol–water partition coefficient (Wildman–Crippen LogP) is 3.12. The normalized spacial score (nSPS) is 21.4. The van der Waals surface area contributed by atoms with E-state index in [4.69, 9.17) is 14.9 Å². The second kappa shape index (κ2) is 6.56. The summed E-state index contributed by atoms with van der Waals surface area (Å²) in [6, 6.07) is 9.94. The number of carbonyl (C=O) groups is 1. The number of imidazole rings is 1. The van der Waals surface area contributed by atoms with Crippen molar-refractivity contribution in [2.24, 2.45) is 0 Å². The van der Waals surface area contributed by atoms with Crippen molar-refractivity contribution in [1.29, 1.82) is 0 Å². The van der Waals surface area contributed by atoms with Gasteiger partial charge in [-0.1, -0.05) is 6.07 Å². The van der Waals surface area contributed by atoms with Crippen LogP contribution in [0.15, 0.2) is 47.1 Å². The van der Waals surface area contributed by atoms with Crippen LogP contribution in [0.5, 0.6) is 0 Å². The van der Waals surface area contributed by atoms with Gasteiger partial charge in [-0.25, -0.2) is 4.98 Å². The van der Waals surface area contributed by atoms with Crippen LogP contribution in [0, 0.1) is 0 Å². The van der Waals surface area contributed by atoms with E-state index in [-0.39, 0.29) is 24.1 Å². The highest BCUT2D eigenvalue weighted by atomic mass is 16.5. The number of anilines is 1. The molecule has 30 heavy (non-hydrogen) atoms. The number of amides is 1. The first-order valence-electron chi connectivity index (χ1n) is 10.2. The Morgan fingerprint density at radius 2 is 2.07 bits per heavy atom. The Labute approximate surface area is 172 Å². The molecule has 4 aromatic rings. The monoisotopic (exact) mass is 403 g/mol. The first-order valence-corrected chi connectivity index (χ1v) is 10.2. The van der Waals surface area contributed by atoms with Gasteiger partial charge in [0.25, 0.3) is 11.9 Å². The number of carbonyl (C=O) groups excluding carboxylic acids is 1. The fourth-order valence-corrected chi connectivity index (χ4v) is 4.58. The molecule has 0 radical (unpaired) electrons. The zero-order valence-corrected chi connectivity index (χ0v) is 16.3. The molecule has 6 heterocycles. The van der Waals surface area contributed by atoms with E-state index in [2.05, 4.69) is 9.97 Å². The number of ether oxygens (including phenoxy) is 1. The first-order chi connectivity index (χ1) is 14.7. The third-order valence-corrected chi connectivity index (χ3v) is 6.15. The largest absolute Gasteiger partial charge is 0.424 e. The highest BCUT2D eigenvalue weighted by molar-refractivity contribution is 5.94. The average molecular weight is 403 g/mol. The van der Waals surface area contributed by atoms with Gasteiger partial charge in [-0.2, -0.15) is 4.98 Å². The van der Waals surface area contributed by atoms with Gasteiger partial charge in [0.2, 0.25) is 0 Å². The van der Waals surface area contributed by atoms with Crippen molar-refractivity contribution in [2.45, 2.75) is 31.4 Å². The first kappa shape index (κ1) is 17.5. The molecule has 1 aromatic carbocycles. The molecule has 1 amide bonds. The van der Waals surface area contributed by atoms with Crippen molar-refractivity contribution in [1.82, 2.24) is 19.3 Å².